The van der Waals surface area contributed by atoms with Crippen molar-refractivity contribution in [3.05, 3.63) is 58.7 Å². The normalized spacial score (nSPS) is 17.3. The number of aliphatic imine (C=N–C) groups is 1. The molecule has 6 nitrogen and oxygen atoms in total. The second-order valence-electron chi connectivity index (χ2n) is 7.11. The smallest absolute Gasteiger partial charge is 0.191 e. The molecule has 0 bridgehead atoms. The molecule has 0 spiro atoms. The zero-order valence-corrected chi connectivity index (χ0v) is 18.0. The number of benzene rings is 1. The Morgan fingerprint density at radius 3 is 2.97 bits per heavy atom. The summed E-state index contributed by atoms with van der Waals surface area (Å²) in [6, 6.07) is 12.1. The summed E-state index contributed by atoms with van der Waals surface area (Å²) in [5.41, 5.74) is 2.27. The molecule has 29 heavy (non-hydrogen) atoms. The third-order valence-electron chi connectivity index (χ3n) is 4.78. The third-order valence-corrected chi connectivity index (χ3v) is 5.15. The van der Waals surface area contributed by atoms with Crippen molar-refractivity contribution in [1.29, 1.82) is 0 Å². The largest absolute Gasteiger partial charge is 0.375 e. The highest BCUT2D eigenvalue weighted by Crippen LogP contribution is 2.17. The number of anilines is 1. The summed E-state index contributed by atoms with van der Waals surface area (Å²) in [5.74, 6) is 1.79. The number of hydrogen-bond donors (Lipinski definition) is 2. The quantitative estimate of drug-likeness (QED) is 0.537. The first-order valence-electron chi connectivity index (χ1n) is 10.2. The molecular formula is C22H30ClN5O. The minimum absolute atomic E-state index is 0.231. The van der Waals surface area contributed by atoms with Crippen molar-refractivity contribution >= 4 is 23.4 Å². The van der Waals surface area contributed by atoms with Crippen molar-refractivity contribution in [2.45, 2.75) is 32.9 Å². The molecule has 0 radical (unpaired) electrons. The van der Waals surface area contributed by atoms with Gasteiger partial charge in [-0.15, -0.1) is 0 Å². The number of pyridine rings is 1. The van der Waals surface area contributed by atoms with Crippen LogP contribution in [0.3, 0.4) is 0 Å². The van der Waals surface area contributed by atoms with Crippen LogP contribution in [0.2, 0.25) is 5.02 Å². The van der Waals surface area contributed by atoms with Crippen molar-refractivity contribution in [3.63, 3.8) is 0 Å². The van der Waals surface area contributed by atoms with E-state index in [1.807, 2.05) is 30.5 Å². The van der Waals surface area contributed by atoms with E-state index >= 15 is 0 Å². The Bertz CT molecular complexity index is 813. The summed E-state index contributed by atoms with van der Waals surface area (Å²) in [6.07, 6.45) is 2.94. The Labute approximate surface area is 178 Å². The number of nitrogens with zero attached hydrogens (tertiary/aromatic N) is 3. The van der Waals surface area contributed by atoms with Crippen LogP contribution in [0, 0.1) is 0 Å². The predicted molar refractivity (Wildman–Crippen MR) is 120 cm³/mol. The van der Waals surface area contributed by atoms with Crippen LogP contribution in [-0.4, -0.2) is 49.8 Å². The van der Waals surface area contributed by atoms with Crippen LogP contribution in [0.4, 0.5) is 5.82 Å². The van der Waals surface area contributed by atoms with E-state index in [0.29, 0.717) is 6.54 Å². The summed E-state index contributed by atoms with van der Waals surface area (Å²) in [4.78, 5) is 11.5. The molecule has 1 fully saturated rings. The molecule has 1 aromatic heterocycles. The first-order valence-corrected chi connectivity index (χ1v) is 10.6. The monoisotopic (exact) mass is 415 g/mol. The third kappa shape index (κ3) is 6.61. The number of halogens is 1. The number of rotatable bonds is 7. The minimum Gasteiger partial charge on any atom is -0.375 e. The topological polar surface area (TPSA) is 61.8 Å². The molecule has 2 heterocycles. The van der Waals surface area contributed by atoms with Gasteiger partial charge in [-0.3, -0.25) is 0 Å². The van der Waals surface area contributed by atoms with Gasteiger partial charge in [0.05, 0.1) is 19.3 Å². The maximum atomic E-state index is 6.24. The lowest BCUT2D eigenvalue weighted by Crippen LogP contribution is -2.41. The molecule has 156 valence electrons. The van der Waals surface area contributed by atoms with Crippen LogP contribution in [0.15, 0.2) is 47.6 Å². The van der Waals surface area contributed by atoms with Crippen molar-refractivity contribution in [2.75, 3.05) is 37.7 Å². The zero-order valence-electron chi connectivity index (χ0n) is 17.2. The average Bonchev–Trinajstić information content (AvgIpc) is 2.73. The maximum Gasteiger partial charge on any atom is 0.191 e. The lowest BCUT2D eigenvalue weighted by Gasteiger charge is -2.32. The van der Waals surface area contributed by atoms with Crippen molar-refractivity contribution in [2.24, 2.45) is 4.99 Å². The number of guanidine groups is 1. The average molecular weight is 416 g/mol. The molecule has 1 atom stereocenters. The van der Waals surface area contributed by atoms with Crippen LogP contribution in [0.25, 0.3) is 0 Å². The van der Waals surface area contributed by atoms with Gasteiger partial charge in [-0.1, -0.05) is 29.8 Å². The summed E-state index contributed by atoms with van der Waals surface area (Å²) in [6.45, 7) is 8.81. The summed E-state index contributed by atoms with van der Waals surface area (Å²) in [5, 5.41) is 7.49. The molecule has 7 heteroatoms. The molecule has 0 aliphatic carbocycles. The Morgan fingerprint density at radius 2 is 2.17 bits per heavy atom. The molecule has 1 unspecified atom stereocenters. The summed E-state index contributed by atoms with van der Waals surface area (Å²) in [7, 11) is 0. The van der Waals surface area contributed by atoms with E-state index in [4.69, 9.17) is 21.3 Å². The molecule has 0 amide bonds. The first kappa shape index (κ1) is 21.4. The van der Waals surface area contributed by atoms with Gasteiger partial charge in [0.15, 0.2) is 5.96 Å². The Kier molecular flexibility index (Phi) is 8.14. The second kappa shape index (κ2) is 11.0. The molecule has 0 saturated carbocycles. The first-order chi connectivity index (χ1) is 14.2. The van der Waals surface area contributed by atoms with Gasteiger partial charge >= 0.3 is 0 Å². The zero-order chi connectivity index (χ0) is 20.5. The molecule has 2 aromatic rings. The fourth-order valence-electron chi connectivity index (χ4n) is 3.29. The lowest BCUT2D eigenvalue weighted by molar-refractivity contribution is 0.0529. The SMILES string of the molecule is CCNC(=NCc1ccnc(N2CCOC(C)C2)c1)NCCc1ccccc1Cl. The number of hydrogen-bond acceptors (Lipinski definition) is 4. The molecule has 1 aliphatic rings. The van der Waals surface area contributed by atoms with Gasteiger partial charge in [0.25, 0.3) is 0 Å². The highest BCUT2D eigenvalue weighted by atomic mass is 35.5. The van der Waals surface area contributed by atoms with E-state index < -0.39 is 0 Å². The van der Waals surface area contributed by atoms with Gasteiger partial charge in [0, 0.05) is 37.4 Å². The minimum atomic E-state index is 0.231. The highest BCUT2D eigenvalue weighted by molar-refractivity contribution is 6.31. The fraction of sp³-hybridized carbons (Fsp3) is 0.455. The standard InChI is InChI=1S/C22H30ClN5O/c1-3-24-22(26-11-9-19-6-4-5-7-20(19)23)27-15-18-8-10-25-21(14-18)28-12-13-29-17(2)16-28/h4-8,10,14,17H,3,9,11-13,15-16H2,1-2H3,(H2,24,26,27). The Balaban J connectivity index is 1.58. The molecule has 1 aromatic carbocycles. The van der Waals surface area contributed by atoms with Crippen molar-refractivity contribution < 1.29 is 4.74 Å². The maximum absolute atomic E-state index is 6.24. The van der Waals surface area contributed by atoms with E-state index in [0.717, 1.165) is 67.1 Å². The van der Waals surface area contributed by atoms with Gasteiger partial charge in [-0.25, -0.2) is 9.98 Å². The lowest BCUT2D eigenvalue weighted by atomic mass is 10.1. The Morgan fingerprint density at radius 1 is 1.31 bits per heavy atom. The van der Waals surface area contributed by atoms with Crippen LogP contribution in [-0.2, 0) is 17.7 Å². The van der Waals surface area contributed by atoms with E-state index in [2.05, 4.69) is 46.5 Å². The number of nitrogens with one attached hydrogen (secondary N) is 2. The molecule has 3 rings (SSSR count). The van der Waals surface area contributed by atoms with Crippen LogP contribution >= 0.6 is 11.6 Å². The number of aromatic nitrogens is 1. The van der Waals surface area contributed by atoms with Gasteiger partial charge in [-0.05, 0) is 49.6 Å². The molecular weight excluding hydrogens is 386 g/mol. The number of morpholine rings is 1. The van der Waals surface area contributed by atoms with Crippen LogP contribution in [0.5, 0.6) is 0 Å². The van der Waals surface area contributed by atoms with Crippen molar-refractivity contribution in [3.8, 4) is 0 Å². The second-order valence-corrected chi connectivity index (χ2v) is 7.52. The van der Waals surface area contributed by atoms with E-state index in [-0.39, 0.29) is 6.10 Å². The Hall–Kier alpha value is -2.31. The van der Waals surface area contributed by atoms with E-state index in [1.165, 1.54) is 0 Å². The molecule has 2 N–H and O–H groups in total. The van der Waals surface area contributed by atoms with Crippen LogP contribution in [0.1, 0.15) is 25.0 Å². The van der Waals surface area contributed by atoms with Crippen LogP contribution < -0.4 is 15.5 Å². The summed E-state index contributed by atoms with van der Waals surface area (Å²) < 4.78 is 5.63. The summed E-state index contributed by atoms with van der Waals surface area (Å²) >= 11 is 6.24. The van der Waals surface area contributed by atoms with Gasteiger partial charge in [0.1, 0.15) is 5.82 Å². The van der Waals surface area contributed by atoms with Gasteiger partial charge in [-0.2, -0.15) is 0 Å². The van der Waals surface area contributed by atoms with Gasteiger partial charge in [0.2, 0.25) is 0 Å². The van der Waals surface area contributed by atoms with E-state index in [1.54, 1.807) is 0 Å². The fourth-order valence-corrected chi connectivity index (χ4v) is 3.52. The molecule has 1 saturated heterocycles. The van der Waals surface area contributed by atoms with Crippen molar-refractivity contribution in [1.82, 2.24) is 15.6 Å². The molecule has 1 aliphatic heterocycles. The number of ether oxygens (including phenoxy) is 1. The highest BCUT2D eigenvalue weighted by Gasteiger charge is 2.17. The predicted octanol–water partition coefficient (Wildman–Crippen LogP) is 3.26. The van der Waals surface area contributed by atoms with Gasteiger partial charge < -0.3 is 20.3 Å². The van der Waals surface area contributed by atoms with E-state index in [9.17, 15) is 0 Å².